The second-order valence-electron chi connectivity index (χ2n) is 3.95. The van der Waals surface area contributed by atoms with Crippen molar-refractivity contribution in [1.29, 1.82) is 0 Å². The number of hydrogen-bond donors (Lipinski definition) is 0. The van der Waals surface area contributed by atoms with Crippen LogP contribution in [0, 0.1) is 11.3 Å². The standard InChI is InChI=1S/C10H16O3/c1-8-3-5-10(7-11,6-4-8)9(12)13-2/h7-8H,3-6H2,1-2H3. The molecule has 74 valence electrons. The van der Waals surface area contributed by atoms with E-state index < -0.39 is 5.41 Å². The summed E-state index contributed by atoms with van der Waals surface area (Å²) in [5.74, 6) is 0.257. The molecule has 0 aromatic heterocycles. The lowest BCUT2D eigenvalue weighted by molar-refractivity contribution is -0.157. The number of hydrogen-bond acceptors (Lipinski definition) is 3. The van der Waals surface area contributed by atoms with Crippen LogP contribution in [0.4, 0.5) is 0 Å². The van der Waals surface area contributed by atoms with Crippen molar-refractivity contribution < 1.29 is 14.3 Å². The van der Waals surface area contributed by atoms with Crippen LogP contribution in [0.2, 0.25) is 0 Å². The number of carbonyl (C=O) groups excluding carboxylic acids is 2. The monoisotopic (exact) mass is 184 g/mol. The first-order valence-electron chi connectivity index (χ1n) is 4.69. The maximum Gasteiger partial charge on any atom is 0.319 e. The van der Waals surface area contributed by atoms with E-state index in [9.17, 15) is 9.59 Å². The fourth-order valence-corrected chi connectivity index (χ4v) is 1.85. The van der Waals surface area contributed by atoms with E-state index >= 15 is 0 Å². The van der Waals surface area contributed by atoms with Gasteiger partial charge in [-0.2, -0.15) is 0 Å². The molecule has 0 aliphatic heterocycles. The zero-order valence-electron chi connectivity index (χ0n) is 8.21. The number of carbonyl (C=O) groups is 2. The van der Waals surface area contributed by atoms with Gasteiger partial charge in [-0.15, -0.1) is 0 Å². The Kier molecular flexibility index (Phi) is 3.07. The zero-order chi connectivity index (χ0) is 9.90. The zero-order valence-corrected chi connectivity index (χ0v) is 8.21. The summed E-state index contributed by atoms with van der Waals surface area (Å²) in [5.41, 5.74) is -0.832. The number of ether oxygens (including phenoxy) is 1. The molecule has 13 heavy (non-hydrogen) atoms. The van der Waals surface area contributed by atoms with Crippen LogP contribution < -0.4 is 0 Å². The van der Waals surface area contributed by atoms with E-state index in [4.69, 9.17) is 0 Å². The second-order valence-corrected chi connectivity index (χ2v) is 3.95. The summed E-state index contributed by atoms with van der Waals surface area (Å²) in [4.78, 5) is 22.3. The summed E-state index contributed by atoms with van der Waals surface area (Å²) in [5, 5.41) is 0. The van der Waals surface area contributed by atoms with Crippen molar-refractivity contribution in [2.75, 3.05) is 7.11 Å². The average molecular weight is 184 g/mol. The molecule has 0 bridgehead atoms. The van der Waals surface area contributed by atoms with Gasteiger partial charge < -0.3 is 9.53 Å². The molecule has 1 fully saturated rings. The van der Waals surface area contributed by atoms with Gasteiger partial charge in [-0.1, -0.05) is 6.92 Å². The van der Waals surface area contributed by atoms with Gasteiger partial charge >= 0.3 is 5.97 Å². The Morgan fingerprint density at radius 3 is 2.38 bits per heavy atom. The minimum Gasteiger partial charge on any atom is -0.468 e. The molecule has 1 saturated carbocycles. The van der Waals surface area contributed by atoms with E-state index in [0.29, 0.717) is 18.8 Å². The fraction of sp³-hybridized carbons (Fsp3) is 0.800. The maximum atomic E-state index is 11.4. The topological polar surface area (TPSA) is 43.4 Å². The molecule has 3 heteroatoms. The van der Waals surface area contributed by atoms with Gasteiger partial charge in [-0.3, -0.25) is 4.79 Å². The summed E-state index contributed by atoms with van der Waals surface area (Å²) < 4.78 is 4.65. The lowest BCUT2D eigenvalue weighted by Gasteiger charge is -2.31. The predicted octanol–water partition coefficient (Wildman–Crippen LogP) is 1.55. The van der Waals surface area contributed by atoms with Crippen LogP contribution in [0.25, 0.3) is 0 Å². The Hall–Kier alpha value is -0.860. The summed E-state index contributed by atoms with van der Waals surface area (Å²) in [7, 11) is 1.34. The molecule has 1 aliphatic rings. The Bertz CT molecular complexity index is 202. The first kappa shape index (κ1) is 10.2. The van der Waals surface area contributed by atoms with Crippen LogP contribution >= 0.6 is 0 Å². The molecular formula is C10H16O3. The molecule has 0 atom stereocenters. The van der Waals surface area contributed by atoms with Gasteiger partial charge in [0.05, 0.1) is 7.11 Å². The highest BCUT2D eigenvalue weighted by molar-refractivity contribution is 5.93. The highest BCUT2D eigenvalue weighted by Crippen LogP contribution is 2.38. The number of aldehydes is 1. The molecule has 0 aromatic rings. The van der Waals surface area contributed by atoms with E-state index in [1.807, 2.05) is 0 Å². The minimum absolute atomic E-state index is 0.366. The van der Waals surface area contributed by atoms with Crippen molar-refractivity contribution in [3.8, 4) is 0 Å². The normalized spacial score (nSPS) is 33.8. The smallest absolute Gasteiger partial charge is 0.319 e. The van der Waals surface area contributed by atoms with Gasteiger partial charge in [-0.05, 0) is 31.6 Å². The van der Waals surface area contributed by atoms with Gasteiger partial charge in [-0.25, -0.2) is 0 Å². The minimum atomic E-state index is -0.832. The Balaban J connectivity index is 2.71. The lowest BCUT2D eigenvalue weighted by atomic mass is 9.72. The van der Waals surface area contributed by atoms with Gasteiger partial charge in [0.1, 0.15) is 11.7 Å². The molecule has 0 N–H and O–H groups in total. The summed E-state index contributed by atoms with van der Waals surface area (Å²) >= 11 is 0. The number of methoxy groups -OCH3 is 1. The molecule has 0 amide bonds. The van der Waals surface area contributed by atoms with Crippen LogP contribution in [0.3, 0.4) is 0 Å². The van der Waals surface area contributed by atoms with Gasteiger partial charge in [0.15, 0.2) is 0 Å². The van der Waals surface area contributed by atoms with Crippen molar-refractivity contribution >= 4 is 12.3 Å². The Morgan fingerprint density at radius 2 is 2.00 bits per heavy atom. The maximum absolute atomic E-state index is 11.4. The molecule has 0 unspecified atom stereocenters. The first-order valence-corrected chi connectivity index (χ1v) is 4.69. The van der Waals surface area contributed by atoms with E-state index in [2.05, 4.69) is 11.7 Å². The SMILES string of the molecule is COC(=O)C1(C=O)CCC(C)CC1. The van der Waals surface area contributed by atoms with Crippen molar-refractivity contribution in [3.63, 3.8) is 0 Å². The molecule has 0 heterocycles. The highest BCUT2D eigenvalue weighted by Gasteiger charge is 2.41. The summed E-state index contributed by atoms with van der Waals surface area (Å²) in [6.45, 7) is 2.14. The molecule has 3 nitrogen and oxygen atoms in total. The third-order valence-electron chi connectivity index (χ3n) is 2.98. The van der Waals surface area contributed by atoms with Crippen LogP contribution in [0.5, 0.6) is 0 Å². The molecular weight excluding hydrogens is 168 g/mol. The van der Waals surface area contributed by atoms with Gasteiger partial charge in [0.2, 0.25) is 0 Å². The average Bonchev–Trinajstić information content (AvgIpc) is 2.18. The Morgan fingerprint density at radius 1 is 1.46 bits per heavy atom. The molecule has 0 saturated heterocycles. The van der Waals surface area contributed by atoms with Crippen LogP contribution in [-0.4, -0.2) is 19.4 Å². The van der Waals surface area contributed by atoms with Crippen LogP contribution in [0.1, 0.15) is 32.6 Å². The van der Waals surface area contributed by atoms with Crippen LogP contribution in [-0.2, 0) is 14.3 Å². The second kappa shape index (κ2) is 3.90. The summed E-state index contributed by atoms with van der Waals surface area (Å²) in [6.07, 6.45) is 3.93. The van der Waals surface area contributed by atoms with E-state index in [1.165, 1.54) is 7.11 Å². The summed E-state index contributed by atoms with van der Waals surface area (Å²) in [6, 6.07) is 0. The molecule has 0 aromatic carbocycles. The predicted molar refractivity (Wildman–Crippen MR) is 48.1 cm³/mol. The van der Waals surface area contributed by atoms with Gasteiger partial charge in [0, 0.05) is 0 Å². The fourth-order valence-electron chi connectivity index (χ4n) is 1.85. The molecule has 1 aliphatic carbocycles. The number of esters is 1. The molecule has 0 spiro atoms. The van der Waals surface area contributed by atoms with E-state index in [0.717, 1.165) is 19.1 Å². The third kappa shape index (κ3) is 1.90. The number of rotatable bonds is 2. The van der Waals surface area contributed by atoms with Crippen molar-refractivity contribution in [2.24, 2.45) is 11.3 Å². The van der Waals surface area contributed by atoms with Gasteiger partial charge in [0.25, 0.3) is 0 Å². The van der Waals surface area contributed by atoms with Crippen molar-refractivity contribution in [2.45, 2.75) is 32.6 Å². The molecule has 1 rings (SSSR count). The largest absolute Gasteiger partial charge is 0.468 e. The lowest BCUT2D eigenvalue weighted by Crippen LogP contribution is -2.37. The first-order chi connectivity index (χ1) is 6.14. The quantitative estimate of drug-likeness (QED) is 0.371. The van der Waals surface area contributed by atoms with E-state index in [1.54, 1.807) is 0 Å². The van der Waals surface area contributed by atoms with Crippen molar-refractivity contribution in [3.05, 3.63) is 0 Å². The van der Waals surface area contributed by atoms with E-state index in [-0.39, 0.29) is 5.97 Å². The van der Waals surface area contributed by atoms with Crippen molar-refractivity contribution in [1.82, 2.24) is 0 Å². The van der Waals surface area contributed by atoms with Crippen LogP contribution in [0.15, 0.2) is 0 Å². The third-order valence-corrected chi connectivity index (χ3v) is 2.98. The molecule has 0 radical (unpaired) electrons. The Labute approximate surface area is 78.5 Å². The highest BCUT2D eigenvalue weighted by atomic mass is 16.5.